The fraction of sp³-hybridized carbons (Fsp3) is 0.529. The highest BCUT2D eigenvalue weighted by molar-refractivity contribution is 8.02. The molecule has 6 nitrogen and oxygen atoms in total. The average Bonchev–Trinajstić information content (AvgIpc) is 2.92. The second-order valence-electron chi connectivity index (χ2n) is 6.01. The second-order valence-corrected chi connectivity index (χ2v) is 9.52. The number of anilines is 1. The van der Waals surface area contributed by atoms with Crippen LogP contribution in [0.1, 0.15) is 24.5 Å². The van der Waals surface area contributed by atoms with E-state index in [0.29, 0.717) is 6.42 Å². The molecule has 1 amide bonds. The third-order valence-electron chi connectivity index (χ3n) is 4.00. The summed E-state index contributed by atoms with van der Waals surface area (Å²) in [5.74, 6) is -0.551. The number of aryl methyl sites for hydroxylation is 2. The molecule has 2 rings (SSSR count). The van der Waals surface area contributed by atoms with Gasteiger partial charge in [0, 0.05) is 10.9 Å². The summed E-state index contributed by atoms with van der Waals surface area (Å²) in [4.78, 5) is 23.7. The Hall–Kier alpha value is -1.54. The van der Waals surface area contributed by atoms with Gasteiger partial charge in [-0.2, -0.15) is 0 Å². The molecule has 0 radical (unpaired) electrons. The van der Waals surface area contributed by atoms with Gasteiger partial charge in [0.25, 0.3) is 5.91 Å². The number of para-hydroxylation sites is 1. The monoisotopic (exact) mass is 385 g/mol. The molecule has 138 valence electrons. The van der Waals surface area contributed by atoms with E-state index in [2.05, 4.69) is 5.32 Å². The molecule has 1 saturated heterocycles. The number of ether oxygens (including phenoxy) is 1. The van der Waals surface area contributed by atoms with Crippen LogP contribution in [0.25, 0.3) is 0 Å². The van der Waals surface area contributed by atoms with Gasteiger partial charge in [0.2, 0.25) is 0 Å². The zero-order chi connectivity index (χ0) is 18.4. The molecule has 1 heterocycles. The highest BCUT2D eigenvalue weighted by Gasteiger charge is 2.28. The Morgan fingerprint density at radius 2 is 2.12 bits per heavy atom. The number of sulfone groups is 1. The van der Waals surface area contributed by atoms with Crippen LogP contribution in [0.4, 0.5) is 5.69 Å². The van der Waals surface area contributed by atoms with Crippen molar-refractivity contribution in [1.82, 2.24) is 0 Å². The number of carbonyl (C=O) groups is 2. The summed E-state index contributed by atoms with van der Waals surface area (Å²) in [5.41, 5.74) is 2.74. The van der Waals surface area contributed by atoms with E-state index in [-0.39, 0.29) is 35.0 Å². The topological polar surface area (TPSA) is 89.5 Å². The Kier molecular flexibility index (Phi) is 6.89. The minimum atomic E-state index is -2.95. The normalized spacial score (nSPS) is 18.7. The van der Waals surface area contributed by atoms with E-state index >= 15 is 0 Å². The number of amides is 1. The fourth-order valence-corrected chi connectivity index (χ4v) is 6.08. The minimum absolute atomic E-state index is 0.0536. The lowest BCUT2D eigenvalue weighted by Gasteiger charge is -2.13. The first-order chi connectivity index (χ1) is 11.8. The van der Waals surface area contributed by atoms with Gasteiger partial charge in [-0.15, -0.1) is 11.8 Å². The van der Waals surface area contributed by atoms with Crippen LogP contribution in [-0.4, -0.2) is 49.4 Å². The number of esters is 1. The van der Waals surface area contributed by atoms with Crippen LogP contribution in [0.2, 0.25) is 0 Å². The first kappa shape index (κ1) is 19.8. The van der Waals surface area contributed by atoms with Crippen LogP contribution in [-0.2, 0) is 30.6 Å². The second kappa shape index (κ2) is 8.71. The van der Waals surface area contributed by atoms with Crippen molar-refractivity contribution in [2.24, 2.45) is 0 Å². The molecule has 0 aliphatic carbocycles. The molecule has 0 unspecified atom stereocenters. The van der Waals surface area contributed by atoms with Gasteiger partial charge in [-0.25, -0.2) is 8.42 Å². The summed E-state index contributed by atoms with van der Waals surface area (Å²) in [6.07, 6.45) is 1.35. The summed E-state index contributed by atoms with van der Waals surface area (Å²) in [6, 6.07) is 5.79. The van der Waals surface area contributed by atoms with Gasteiger partial charge in [0.05, 0.1) is 17.3 Å². The zero-order valence-corrected chi connectivity index (χ0v) is 16.0. The standard InChI is InChI=1S/C17H23NO5S2/c1-3-13-6-4-5-12(2)17(13)18-15(19)9-23-16(20)10-24-14-7-8-25(21,22)11-14/h4-6,14H,3,7-11H2,1-2H3,(H,18,19)/t14-/m1/s1. The van der Waals surface area contributed by atoms with Gasteiger partial charge >= 0.3 is 5.97 Å². The van der Waals surface area contributed by atoms with Gasteiger partial charge in [0.15, 0.2) is 16.4 Å². The minimum Gasteiger partial charge on any atom is -0.455 e. The number of rotatable bonds is 7. The highest BCUT2D eigenvalue weighted by atomic mass is 32.2. The molecular formula is C17H23NO5S2. The number of hydrogen-bond donors (Lipinski definition) is 1. The third kappa shape index (κ3) is 6.04. The molecule has 0 bridgehead atoms. The summed E-state index contributed by atoms with van der Waals surface area (Å²) >= 11 is 1.27. The van der Waals surface area contributed by atoms with Crippen molar-refractivity contribution in [2.45, 2.75) is 31.9 Å². The zero-order valence-electron chi connectivity index (χ0n) is 14.4. The SMILES string of the molecule is CCc1cccc(C)c1NC(=O)COC(=O)CS[C@@H]1CCS(=O)(=O)C1. The first-order valence-electron chi connectivity index (χ1n) is 8.16. The largest absolute Gasteiger partial charge is 0.455 e. The molecule has 1 aliphatic heterocycles. The van der Waals surface area contributed by atoms with Gasteiger partial charge in [-0.3, -0.25) is 9.59 Å². The fourth-order valence-electron chi connectivity index (χ4n) is 2.64. The maximum Gasteiger partial charge on any atom is 0.316 e. The van der Waals surface area contributed by atoms with Gasteiger partial charge in [0.1, 0.15) is 0 Å². The van der Waals surface area contributed by atoms with E-state index in [9.17, 15) is 18.0 Å². The van der Waals surface area contributed by atoms with Crippen molar-refractivity contribution >= 4 is 39.2 Å². The van der Waals surface area contributed by atoms with Gasteiger partial charge in [-0.1, -0.05) is 25.1 Å². The van der Waals surface area contributed by atoms with Gasteiger partial charge < -0.3 is 10.1 Å². The predicted molar refractivity (Wildman–Crippen MR) is 99.7 cm³/mol. The third-order valence-corrected chi connectivity index (χ3v) is 7.25. The number of hydrogen-bond acceptors (Lipinski definition) is 6. The molecule has 1 aliphatic rings. The van der Waals surface area contributed by atoms with Crippen LogP contribution >= 0.6 is 11.8 Å². The molecule has 25 heavy (non-hydrogen) atoms. The van der Waals surface area contributed by atoms with E-state index < -0.39 is 15.8 Å². The van der Waals surface area contributed by atoms with E-state index in [1.165, 1.54) is 11.8 Å². The summed E-state index contributed by atoms with van der Waals surface area (Å²) in [5, 5.41) is 2.73. The number of nitrogens with one attached hydrogen (secondary N) is 1. The predicted octanol–water partition coefficient (Wildman–Crippen LogP) is 1.96. The van der Waals surface area contributed by atoms with E-state index in [1.807, 2.05) is 32.0 Å². The summed E-state index contributed by atoms with van der Waals surface area (Å²) in [7, 11) is -2.95. The molecular weight excluding hydrogens is 362 g/mol. The van der Waals surface area contributed by atoms with Crippen molar-refractivity contribution in [3.05, 3.63) is 29.3 Å². The molecule has 1 fully saturated rings. The van der Waals surface area contributed by atoms with Crippen molar-refractivity contribution in [3.8, 4) is 0 Å². The van der Waals surface area contributed by atoms with Crippen LogP contribution < -0.4 is 5.32 Å². The number of carbonyl (C=O) groups excluding carboxylic acids is 2. The van der Waals surface area contributed by atoms with E-state index in [0.717, 1.165) is 23.2 Å². The van der Waals surface area contributed by atoms with E-state index in [4.69, 9.17) is 4.74 Å². The molecule has 1 aromatic rings. The average molecular weight is 386 g/mol. The van der Waals surface area contributed by atoms with Crippen molar-refractivity contribution in [3.63, 3.8) is 0 Å². The quantitative estimate of drug-likeness (QED) is 0.722. The van der Waals surface area contributed by atoms with Crippen molar-refractivity contribution in [2.75, 3.05) is 29.2 Å². The lowest BCUT2D eigenvalue weighted by molar-refractivity contribution is -0.144. The summed E-state index contributed by atoms with van der Waals surface area (Å²) < 4.78 is 27.7. The molecule has 0 spiro atoms. The Morgan fingerprint density at radius 1 is 1.36 bits per heavy atom. The molecule has 0 aromatic heterocycles. The molecule has 8 heteroatoms. The summed E-state index contributed by atoms with van der Waals surface area (Å²) in [6.45, 7) is 3.57. The number of thioether (sulfide) groups is 1. The van der Waals surface area contributed by atoms with Crippen molar-refractivity contribution in [1.29, 1.82) is 0 Å². The maximum atomic E-state index is 12.0. The maximum absolute atomic E-state index is 12.0. The van der Waals surface area contributed by atoms with Crippen LogP contribution in [0.5, 0.6) is 0 Å². The Balaban J connectivity index is 1.76. The van der Waals surface area contributed by atoms with Crippen LogP contribution in [0, 0.1) is 6.92 Å². The smallest absolute Gasteiger partial charge is 0.316 e. The van der Waals surface area contributed by atoms with E-state index in [1.54, 1.807) is 0 Å². The molecule has 1 atom stereocenters. The Bertz CT molecular complexity index is 745. The first-order valence-corrected chi connectivity index (χ1v) is 11.0. The molecule has 1 N–H and O–H groups in total. The lowest BCUT2D eigenvalue weighted by Crippen LogP contribution is -2.23. The highest BCUT2D eigenvalue weighted by Crippen LogP contribution is 2.24. The van der Waals surface area contributed by atoms with Crippen LogP contribution in [0.3, 0.4) is 0 Å². The molecule has 0 saturated carbocycles. The molecule has 1 aromatic carbocycles. The van der Waals surface area contributed by atoms with Crippen molar-refractivity contribution < 1.29 is 22.7 Å². The lowest BCUT2D eigenvalue weighted by atomic mass is 10.1. The van der Waals surface area contributed by atoms with Gasteiger partial charge in [-0.05, 0) is 30.9 Å². The Labute approximate surface area is 152 Å². The van der Waals surface area contributed by atoms with Crippen LogP contribution in [0.15, 0.2) is 18.2 Å². The number of benzene rings is 1. The Morgan fingerprint density at radius 3 is 2.76 bits per heavy atom.